The average Bonchev–Trinajstić information content (AvgIpc) is 3.02. The van der Waals surface area contributed by atoms with Gasteiger partial charge in [0.15, 0.2) is 0 Å². The highest BCUT2D eigenvalue weighted by atomic mass is 14.7. The highest BCUT2D eigenvalue weighted by Crippen LogP contribution is 2.51. The van der Waals surface area contributed by atoms with Gasteiger partial charge in [-0.1, -0.05) is 68.4 Å². The largest absolute Gasteiger partial charge is 0.354 e. The van der Waals surface area contributed by atoms with Crippen molar-refractivity contribution in [2.24, 2.45) is 0 Å². The Morgan fingerprint density at radius 1 is 0.727 bits per heavy atom. The third-order valence-electron chi connectivity index (χ3n) is 5.23. The smallest absolute Gasteiger partial charge is 0.0547 e. The van der Waals surface area contributed by atoms with Crippen molar-refractivity contribution < 1.29 is 0 Å². The number of hydrogen-bond acceptors (Lipinski definition) is 0. The summed E-state index contributed by atoms with van der Waals surface area (Å²) in [7, 11) is 0. The molecular weight excluding hydrogens is 266 g/mol. The highest BCUT2D eigenvalue weighted by molar-refractivity contribution is 6.13. The van der Waals surface area contributed by atoms with Crippen molar-refractivity contribution in [3.63, 3.8) is 0 Å². The fourth-order valence-corrected chi connectivity index (χ4v) is 4.11. The van der Waals surface area contributed by atoms with Crippen LogP contribution in [0, 0.1) is 0 Å². The second-order valence-corrected chi connectivity index (χ2v) is 6.75. The molecule has 0 amide bonds. The van der Waals surface area contributed by atoms with Gasteiger partial charge in [0.25, 0.3) is 0 Å². The van der Waals surface area contributed by atoms with Crippen molar-refractivity contribution in [3.8, 4) is 11.1 Å². The Kier molecular flexibility index (Phi) is 2.08. The maximum atomic E-state index is 3.66. The summed E-state index contributed by atoms with van der Waals surface area (Å²) in [6.07, 6.45) is 0. The van der Waals surface area contributed by atoms with Gasteiger partial charge < -0.3 is 4.98 Å². The van der Waals surface area contributed by atoms with Gasteiger partial charge in [0.2, 0.25) is 0 Å². The zero-order valence-corrected chi connectivity index (χ0v) is 12.8. The highest BCUT2D eigenvalue weighted by Gasteiger charge is 2.36. The van der Waals surface area contributed by atoms with Crippen LogP contribution in [-0.2, 0) is 5.41 Å². The molecule has 1 aliphatic rings. The lowest BCUT2D eigenvalue weighted by molar-refractivity contribution is 0.661. The first-order chi connectivity index (χ1) is 10.7. The summed E-state index contributed by atoms with van der Waals surface area (Å²) in [5, 5.41) is 2.63. The van der Waals surface area contributed by atoms with Crippen LogP contribution >= 0.6 is 0 Å². The zero-order valence-electron chi connectivity index (χ0n) is 12.8. The molecule has 0 aliphatic heterocycles. The van der Waals surface area contributed by atoms with E-state index in [4.69, 9.17) is 0 Å². The van der Waals surface area contributed by atoms with Crippen molar-refractivity contribution >= 4 is 21.8 Å². The lowest BCUT2D eigenvalue weighted by atomic mass is 9.82. The van der Waals surface area contributed by atoms with Crippen LogP contribution in [0.2, 0.25) is 0 Å². The molecule has 22 heavy (non-hydrogen) atoms. The molecule has 1 N–H and O–H groups in total. The number of aromatic amines is 1. The van der Waals surface area contributed by atoms with E-state index in [9.17, 15) is 0 Å². The van der Waals surface area contributed by atoms with Crippen molar-refractivity contribution in [2.75, 3.05) is 0 Å². The molecule has 0 bridgehead atoms. The van der Waals surface area contributed by atoms with E-state index in [1.807, 2.05) is 0 Å². The molecule has 4 aromatic rings. The minimum absolute atomic E-state index is 0.0669. The summed E-state index contributed by atoms with van der Waals surface area (Å²) in [4.78, 5) is 3.66. The van der Waals surface area contributed by atoms with Crippen molar-refractivity contribution in [1.29, 1.82) is 0 Å². The standard InChI is InChI=1S/C21H17N/c1-21(2)16-9-5-3-8-15(16)19-17(21)12-11-14-13-7-4-6-10-18(13)22-20(14)19/h3-12,22H,1-2H3. The molecule has 0 atom stereocenters. The molecule has 0 fully saturated rings. The summed E-state index contributed by atoms with van der Waals surface area (Å²) >= 11 is 0. The van der Waals surface area contributed by atoms with Gasteiger partial charge in [-0.15, -0.1) is 0 Å². The molecule has 0 spiro atoms. The van der Waals surface area contributed by atoms with E-state index in [0.717, 1.165) is 0 Å². The van der Waals surface area contributed by atoms with Crippen LogP contribution in [0.25, 0.3) is 32.9 Å². The van der Waals surface area contributed by atoms with E-state index >= 15 is 0 Å². The van der Waals surface area contributed by atoms with Gasteiger partial charge in [0, 0.05) is 27.3 Å². The predicted molar refractivity (Wildman–Crippen MR) is 93.4 cm³/mol. The van der Waals surface area contributed by atoms with Gasteiger partial charge in [0.05, 0.1) is 5.52 Å². The summed E-state index contributed by atoms with van der Waals surface area (Å²) < 4.78 is 0. The SMILES string of the molecule is CC1(C)c2ccccc2-c2c1ccc1c2[nH]c2ccccc21. The molecule has 1 aliphatic carbocycles. The van der Waals surface area contributed by atoms with Gasteiger partial charge in [-0.25, -0.2) is 0 Å². The lowest BCUT2D eigenvalue weighted by Crippen LogP contribution is -2.14. The first kappa shape index (κ1) is 12.0. The Labute approximate surface area is 129 Å². The Morgan fingerprint density at radius 2 is 1.50 bits per heavy atom. The molecule has 0 saturated heterocycles. The normalized spacial score (nSPS) is 15.2. The van der Waals surface area contributed by atoms with Gasteiger partial charge in [-0.05, 0) is 22.8 Å². The third-order valence-corrected chi connectivity index (χ3v) is 5.23. The fraction of sp³-hybridized carbons (Fsp3) is 0.143. The molecule has 1 heterocycles. The number of rotatable bonds is 0. The zero-order chi connectivity index (χ0) is 14.9. The van der Waals surface area contributed by atoms with Gasteiger partial charge >= 0.3 is 0 Å². The maximum absolute atomic E-state index is 3.66. The molecule has 3 aromatic carbocycles. The van der Waals surface area contributed by atoms with Crippen LogP contribution < -0.4 is 0 Å². The monoisotopic (exact) mass is 283 g/mol. The topological polar surface area (TPSA) is 15.8 Å². The Balaban J connectivity index is 2.02. The Morgan fingerprint density at radius 3 is 2.41 bits per heavy atom. The number of benzene rings is 3. The second kappa shape index (κ2) is 3.80. The molecule has 1 aromatic heterocycles. The second-order valence-electron chi connectivity index (χ2n) is 6.75. The molecule has 0 unspecified atom stereocenters. The average molecular weight is 283 g/mol. The van der Waals surface area contributed by atoms with Gasteiger partial charge in [-0.2, -0.15) is 0 Å². The molecule has 106 valence electrons. The van der Waals surface area contributed by atoms with E-state index in [0.29, 0.717) is 0 Å². The van der Waals surface area contributed by atoms with E-state index in [-0.39, 0.29) is 5.41 Å². The van der Waals surface area contributed by atoms with Gasteiger partial charge in [0.1, 0.15) is 0 Å². The predicted octanol–water partition coefficient (Wildman–Crippen LogP) is 5.63. The molecule has 1 heteroatoms. The Hall–Kier alpha value is -2.54. The summed E-state index contributed by atoms with van der Waals surface area (Å²) in [5.41, 5.74) is 8.17. The van der Waals surface area contributed by atoms with E-state index in [2.05, 4.69) is 79.5 Å². The van der Waals surface area contributed by atoms with Crippen molar-refractivity contribution in [3.05, 3.63) is 71.8 Å². The third kappa shape index (κ3) is 1.29. The molecular formula is C21H17N. The fourth-order valence-electron chi connectivity index (χ4n) is 4.11. The summed E-state index contributed by atoms with van der Waals surface area (Å²) in [5.74, 6) is 0. The number of nitrogens with one attached hydrogen (secondary N) is 1. The number of H-pyrrole nitrogens is 1. The van der Waals surface area contributed by atoms with Crippen LogP contribution in [0.15, 0.2) is 60.7 Å². The van der Waals surface area contributed by atoms with Crippen LogP contribution in [0.3, 0.4) is 0 Å². The Bertz CT molecular complexity index is 1050. The van der Waals surface area contributed by atoms with E-state index < -0.39 is 0 Å². The summed E-state index contributed by atoms with van der Waals surface area (Å²) in [6.45, 7) is 4.65. The van der Waals surface area contributed by atoms with Gasteiger partial charge in [-0.3, -0.25) is 0 Å². The first-order valence-electron chi connectivity index (χ1n) is 7.82. The molecule has 1 nitrogen and oxygen atoms in total. The van der Waals surface area contributed by atoms with E-state index in [1.165, 1.54) is 44.1 Å². The van der Waals surface area contributed by atoms with Crippen LogP contribution in [0.1, 0.15) is 25.0 Å². The molecule has 0 radical (unpaired) electrons. The number of fused-ring (bicyclic) bond motifs is 7. The van der Waals surface area contributed by atoms with Crippen LogP contribution in [0.4, 0.5) is 0 Å². The van der Waals surface area contributed by atoms with Crippen LogP contribution in [0.5, 0.6) is 0 Å². The van der Waals surface area contributed by atoms with Crippen molar-refractivity contribution in [2.45, 2.75) is 19.3 Å². The van der Waals surface area contributed by atoms with E-state index in [1.54, 1.807) is 0 Å². The minimum atomic E-state index is 0.0669. The molecule has 0 saturated carbocycles. The summed E-state index contributed by atoms with van der Waals surface area (Å²) in [6, 6.07) is 22.0. The van der Waals surface area contributed by atoms with Crippen LogP contribution in [-0.4, -0.2) is 4.98 Å². The quantitative estimate of drug-likeness (QED) is 0.430. The lowest BCUT2D eigenvalue weighted by Gasteiger charge is -2.21. The first-order valence-corrected chi connectivity index (χ1v) is 7.82. The number of para-hydroxylation sites is 1. The molecule has 5 rings (SSSR count). The number of aromatic nitrogens is 1. The number of hydrogen-bond donors (Lipinski definition) is 1. The van der Waals surface area contributed by atoms with Crippen molar-refractivity contribution in [1.82, 2.24) is 4.98 Å². The maximum Gasteiger partial charge on any atom is 0.0547 e. The minimum Gasteiger partial charge on any atom is -0.354 e.